The molecular weight excluding hydrogens is 202 g/mol. The zero-order valence-electron chi connectivity index (χ0n) is 7.11. The number of aromatic carboxylic acids is 1. The number of anilines is 1. The van der Waals surface area contributed by atoms with E-state index in [-0.39, 0.29) is 17.2 Å². The molecule has 1 heterocycles. The maximum Gasteiger partial charge on any atom is 0.336 e. The predicted molar refractivity (Wildman–Crippen MR) is 52.8 cm³/mol. The van der Waals surface area contributed by atoms with Crippen LogP contribution in [0.4, 0.5) is 5.69 Å². The number of hydrogen-bond donors (Lipinski definition) is 2. The number of fused-ring (bicyclic) bond motifs is 1. The van der Waals surface area contributed by atoms with E-state index in [2.05, 4.69) is 5.32 Å². The van der Waals surface area contributed by atoms with Gasteiger partial charge in [-0.25, -0.2) is 4.79 Å². The average molecular weight is 209 g/mol. The van der Waals surface area contributed by atoms with E-state index >= 15 is 0 Å². The van der Waals surface area contributed by atoms with Crippen LogP contribution in [0.3, 0.4) is 0 Å². The minimum atomic E-state index is -0.967. The van der Waals surface area contributed by atoms with Crippen molar-refractivity contribution in [2.75, 3.05) is 11.1 Å². The fourth-order valence-corrected chi connectivity index (χ4v) is 2.22. The highest BCUT2D eigenvalue weighted by molar-refractivity contribution is 8.00. The molecule has 72 valence electrons. The molecule has 0 atom stereocenters. The lowest BCUT2D eigenvalue weighted by molar-refractivity contribution is -0.113. The molecule has 1 aromatic rings. The number of amides is 1. The molecule has 0 unspecified atom stereocenters. The van der Waals surface area contributed by atoms with E-state index in [1.165, 1.54) is 17.8 Å². The molecule has 0 fully saturated rings. The van der Waals surface area contributed by atoms with Crippen molar-refractivity contribution in [2.45, 2.75) is 4.90 Å². The Morgan fingerprint density at radius 2 is 2.29 bits per heavy atom. The molecule has 0 spiro atoms. The van der Waals surface area contributed by atoms with Crippen molar-refractivity contribution < 1.29 is 14.7 Å². The zero-order chi connectivity index (χ0) is 10.1. The van der Waals surface area contributed by atoms with Crippen LogP contribution in [-0.4, -0.2) is 22.7 Å². The Morgan fingerprint density at radius 3 is 3.00 bits per heavy atom. The van der Waals surface area contributed by atoms with Crippen molar-refractivity contribution >= 4 is 29.3 Å². The first-order valence-electron chi connectivity index (χ1n) is 3.97. The Balaban J connectivity index is 2.52. The summed E-state index contributed by atoms with van der Waals surface area (Å²) in [5.41, 5.74) is 0.832. The van der Waals surface area contributed by atoms with E-state index in [9.17, 15) is 9.59 Å². The number of benzene rings is 1. The van der Waals surface area contributed by atoms with Gasteiger partial charge in [-0.2, -0.15) is 0 Å². The van der Waals surface area contributed by atoms with E-state index in [1.54, 1.807) is 12.1 Å². The Hall–Kier alpha value is -1.49. The van der Waals surface area contributed by atoms with Gasteiger partial charge in [-0.3, -0.25) is 4.79 Å². The summed E-state index contributed by atoms with van der Waals surface area (Å²) in [6.07, 6.45) is 0. The number of carbonyl (C=O) groups excluding carboxylic acids is 1. The fourth-order valence-electron chi connectivity index (χ4n) is 1.28. The van der Waals surface area contributed by atoms with Crippen LogP contribution >= 0.6 is 11.8 Å². The summed E-state index contributed by atoms with van der Waals surface area (Å²) < 4.78 is 0. The van der Waals surface area contributed by atoms with E-state index in [0.29, 0.717) is 10.6 Å². The molecule has 0 aromatic heterocycles. The van der Waals surface area contributed by atoms with Crippen molar-refractivity contribution in [2.24, 2.45) is 0 Å². The summed E-state index contributed by atoms with van der Waals surface area (Å²) in [5.74, 6) is -0.785. The third-order valence-electron chi connectivity index (χ3n) is 1.87. The highest BCUT2D eigenvalue weighted by atomic mass is 32.2. The maximum atomic E-state index is 11.0. The Kier molecular flexibility index (Phi) is 2.17. The Morgan fingerprint density at radius 1 is 1.50 bits per heavy atom. The summed E-state index contributed by atoms with van der Waals surface area (Å²) >= 11 is 1.26. The summed E-state index contributed by atoms with van der Waals surface area (Å²) in [6.45, 7) is 0. The van der Waals surface area contributed by atoms with E-state index in [1.807, 2.05) is 0 Å². The summed E-state index contributed by atoms with van der Waals surface area (Å²) in [4.78, 5) is 22.5. The number of thioether (sulfide) groups is 1. The molecule has 0 aliphatic carbocycles. The second kappa shape index (κ2) is 3.34. The lowest BCUT2D eigenvalue weighted by atomic mass is 10.2. The number of rotatable bonds is 1. The van der Waals surface area contributed by atoms with Crippen LogP contribution in [0.25, 0.3) is 0 Å². The van der Waals surface area contributed by atoms with Crippen LogP contribution in [0.5, 0.6) is 0 Å². The first-order valence-corrected chi connectivity index (χ1v) is 4.96. The van der Waals surface area contributed by atoms with Gasteiger partial charge in [0.2, 0.25) is 5.91 Å². The highest BCUT2D eigenvalue weighted by Gasteiger charge is 2.20. The second-order valence-electron chi connectivity index (χ2n) is 2.82. The average Bonchev–Trinajstić information content (AvgIpc) is 2.16. The quantitative estimate of drug-likeness (QED) is 0.734. The van der Waals surface area contributed by atoms with Gasteiger partial charge in [-0.15, -0.1) is 11.8 Å². The van der Waals surface area contributed by atoms with E-state index in [4.69, 9.17) is 5.11 Å². The van der Waals surface area contributed by atoms with Gasteiger partial charge in [0.1, 0.15) is 0 Å². The van der Waals surface area contributed by atoms with Gasteiger partial charge in [-0.05, 0) is 12.1 Å². The molecule has 0 saturated heterocycles. The van der Waals surface area contributed by atoms with Crippen LogP contribution in [0.1, 0.15) is 10.4 Å². The zero-order valence-corrected chi connectivity index (χ0v) is 7.93. The lowest BCUT2D eigenvalue weighted by Gasteiger charge is -2.17. The van der Waals surface area contributed by atoms with Crippen molar-refractivity contribution in [3.63, 3.8) is 0 Å². The van der Waals surface area contributed by atoms with Gasteiger partial charge in [0.05, 0.1) is 17.0 Å². The molecule has 1 aliphatic heterocycles. The molecule has 1 amide bonds. The molecular formula is C9H7NO3S. The molecule has 1 aliphatic rings. The van der Waals surface area contributed by atoms with Crippen LogP contribution in [0.15, 0.2) is 23.1 Å². The van der Waals surface area contributed by atoms with Gasteiger partial charge >= 0.3 is 5.97 Å². The fraction of sp³-hybridized carbons (Fsp3) is 0.111. The van der Waals surface area contributed by atoms with Crippen LogP contribution < -0.4 is 5.32 Å². The van der Waals surface area contributed by atoms with Crippen molar-refractivity contribution in [3.8, 4) is 0 Å². The van der Waals surface area contributed by atoms with Crippen molar-refractivity contribution in [1.82, 2.24) is 0 Å². The third kappa shape index (κ3) is 1.46. The van der Waals surface area contributed by atoms with Gasteiger partial charge < -0.3 is 10.4 Å². The summed E-state index contributed by atoms with van der Waals surface area (Å²) in [7, 11) is 0. The Labute approximate surface area is 84.3 Å². The third-order valence-corrected chi connectivity index (χ3v) is 3.00. The number of carbonyl (C=O) groups is 2. The number of carboxylic acid groups (broad SMARTS) is 1. The molecule has 4 nitrogen and oxygen atoms in total. The lowest BCUT2D eigenvalue weighted by Crippen LogP contribution is -2.20. The number of carboxylic acids is 1. The smallest absolute Gasteiger partial charge is 0.336 e. The normalized spacial score (nSPS) is 14.4. The monoisotopic (exact) mass is 209 g/mol. The van der Waals surface area contributed by atoms with E-state index in [0.717, 1.165) is 0 Å². The predicted octanol–water partition coefficient (Wildman–Crippen LogP) is 1.43. The topological polar surface area (TPSA) is 66.4 Å². The highest BCUT2D eigenvalue weighted by Crippen LogP contribution is 2.34. The number of hydrogen-bond acceptors (Lipinski definition) is 3. The maximum absolute atomic E-state index is 11.0. The van der Waals surface area contributed by atoms with Crippen LogP contribution in [0, 0.1) is 0 Å². The minimum Gasteiger partial charge on any atom is -0.478 e. The van der Waals surface area contributed by atoms with Crippen LogP contribution in [-0.2, 0) is 4.79 Å². The molecule has 14 heavy (non-hydrogen) atoms. The van der Waals surface area contributed by atoms with Gasteiger partial charge in [0.25, 0.3) is 0 Å². The molecule has 0 bridgehead atoms. The molecule has 2 N–H and O–H groups in total. The Bertz CT molecular complexity index is 417. The largest absolute Gasteiger partial charge is 0.478 e. The van der Waals surface area contributed by atoms with Crippen LogP contribution in [0.2, 0.25) is 0 Å². The molecule has 0 saturated carbocycles. The van der Waals surface area contributed by atoms with Gasteiger partial charge in [0.15, 0.2) is 0 Å². The van der Waals surface area contributed by atoms with Crippen molar-refractivity contribution in [3.05, 3.63) is 23.8 Å². The molecule has 5 heteroatoms. The SMILES string of the molecule is O=C1CSc2c(cccc2C(=O)O)N1. The van der Waals surface area contributed by atoms with Gasteiger partial charge in [0, 0.05) is 4.90 Å². The second-order valence-corrected chi connectivity index (χ2v) is 3.81. The molecule has 0 radical (unpaired) electrons. The molecule has 1 aromatic carbocycles. The standard InChI is InChI=1S/C9H7NO3S/c11-7-4-14-8-5(9(12)13)2-1-3-6(8)10-7/h1-3H,4H2,(H,10,11)(H,12,13). The van der Waals surface area contributed by atoms with Crippen molar-refractivity contribution in [1.29, 1.82) is 0 Å². The van der Waals surface area contributed by atoms with E-state index < -0.39 is 5.97 Å². The van der Waals surface area contributed by atoms with Gasteiger partial charge in [-0.1, -0.05) is 6.07 Å². The first kappa shape index (κ1) is 9.08. The first-order chi connectivity index (χ1) is 6.68. The summed E-state index contributed by atoms with van der Waals surface area (Å²) in [6, 6.07) is 4.85. The number of nitrogens with one attached hydrogen (secondary N) is 1. The summed E-state index contributed by atoms with van der Waals surface area (Å²) in [5, 5.41) is 11.5. The molecule has 2 rings (SSSR count). The minimum absolute atomic E-state index is 0.0926.